The SMILES string of the molecule is Br[SiH2]CCC[SiH2]Br. The highest BCUT2D eigenvalue weighted by molar-refractivity contribution is 9.23. The summed E-state index contributed by atoms with van der Waals surface area (Å²) in [7, 11) is 0.415. The van der Waals surface area contributed by atoms with Crippen molar-refractivity contribution in [3.05, 3.63) is 0 Å². The molecule has 0 N–H and O–H groups in total. The highest BCUT2D eigenvalue weighted by Crippen LogP contribution is 1.98. The maximum absolute atomic E-state index is 3.52. The maximum Gasteiger partial charge on any atom is 0.0985 e. The fourth-order valence-corrected chi connectivity index (χ4v) is 4.54. The minimum atomic E-state index is 0.208. The van der Waals surface area contributed by atoms with Crippen molar-refractivity contribution >= 4 is 46.9 Å². The first kappa shape index (κ1) is 8.39. The second-order valence-corrected chi connectivity index (χ2v) is 8.37. The van der Waals surface area contributed by atoms with Crippen molar-refractivity contribution in [3.63, 3.8) is 0 Å². The molecule has 0 atom stereocenters. The van der Waals surface area contributed by atoms with E-state index >= 15 is 0 Å². The van der Waals surface area contributed by atoms with Gasteiger partial charge in [-0.3, -0.25) is 0 Å². The lowest BCUT2D eigenvalue weighted by Crippen LogP contribution is -1.79. The van der Waals surface area contributed by atoms with Gasteiger partial charge in [-0.25, -0.2) is 0 Å². The summed E-state index contributed by atoms with van der Waals surface area (Å²) in [5.41, 5.74) is 0. The molecule has 4 heteroatoms. The Morgan fingerprint density at radius 1 is 1.00 bits per heavy atom. The van der Waals surface area contributed by atoms with Crippen molar-refractivity contribution in [1.82, 2.24) is 0 Å². The van der Waals surface area contributed by atoms with E-state index in [1.807, 2.05) is 0 Å². The van der Waals surface area contributed by atoms with Gasteiger partial charge in [0.2, 0.25) is 0 Å². The van der Waals surface area contributed by atoms with Crippen LogP contribution in [-0.4, -0.2) is 16.3 Å². The molecular formula is C3H10Br2Si2. The van der Waals surface area contributed by atoms with Crippen LogP contribution in [-0.2, 0) is 0 Å². The van der Waals surface area contributed by atoms with Crippen LogP contribution in [0.25, 0.3) is 0 Å². The molecule has 0 heterocycles. The molecule has 0 spiro atoms. The predicted octanol–water partition coefficient (Wildman–Crippen LogP) is 1.17. The molecule has 0 aromatic heterocycles. The van der Waals surface area contributed by atoms with E-state index in [-0.39, 0.29) is 16.3 Å². The van der Waals surface area contributed by atoms with E-state index in [1.54, 1.807) is 0 Å². The minimum absolute atomic E-state index is 0.208. The summed E-state index contributed by atoms with van der Waals surface area (Å²) in [5.74, 6) is 0. The van der Waals surface area contributed by atoms with Crippen LogP contribution in [0.3, 0.4) is 0 Å². The lowest BCUT2D eigenvalue weighted by molar-refractivity contribution is 1.07. The lowest BCUT2D eigenvalue weighted by atomic mass is 10.6. The van der Waals surface area contributed by atoms with Crippen molar-refractivity contribution in [3.8, 4) is 0 Å². The highest BCUT2D eigenvalue weighted by Gasteiger charge is 1.83. The monoisotopic (exact) mass is 260 g/mol. The molecule has 0 radical (unpaired) electrons. The zero-order valence-electron chi connectivity index (χ0n) is 4.29. The average molecular weight is 262 g/mol. The molecule has 0 aromatic carbocycles. The topological polar surface area (TPSA) is 0 Å². The quantitative estimate of drug-likeness (QED) is 0.405. The Bertz CT molecular complexity index is 30.1. The Morgan fingerprint density at radius 3 is 1.71 bits per heavy atom. The van der Waals surface area contributed by atoms with Gasteiger partial charge in [0.25, 0.3) is 0 Å². The fourth-order valence-electron chi connectivity index (χ4n) is 0.366. The summed E-state index contributed by atoms with van der Waals surface area (Å²) in [6, 6.07) is 2.97. The van der Waals surface area contributed by atoms with Crippen molar-refractivity contribution in [2.75, 3.05) is 0 Å². The first-order valence-electron chi connectivity index (χ1n) is 2.53. The van der Waals surface area contributed by atoms with E-state index in [0.717, 1.165) is 0 Å². The van der Waals surface area contributed by atoms with E-state index in [2.05, 4.69) is 30.6 Å². The van der Waals surface area contributed by atoms with Gasteiger partial charge in [-0.15, -0.1) is 30.6 Å². The van der Waals surface area contributed by atoms with E-state index in [1.165, 1.54) is 18.5 Å². The van der Waals surface area contributed by atoms with Crippen LogP contribution in [0.15, 0.2) is 0 Å². The standard InChI is InChI=1S/C3H10Br2Si2/c4-6-2-1-3-7-5/h1-3,6-7H2. The second-order valence-electron chi connectivity index (χ2n) is 1.44. The van der Waals surface area contributed by atoms with Crippen LogP contribution in [0.2, 0.25) is 12.1 Å². The molecule has 0 saturated heterocycles. The van der Waals surface area contributed by atoms with Crippen LogP contribution < -0.4 is 0 Å². The Kier molecular flexibility index (Phi) is 8.87. The van der Waals surface area contributed by atoms with Crippen molar-refractivity contribution in [2.24, 2.45) is 0 Å². The molecule has 44 valence electrons. The third-order valence-electron chi connectivity index (χ3n) is 0.767. The van der Waals surface area contributed by atoms with Gasteiger partial charge in [-0.05, 0) is 0 Å². The van der Waals surface area contributed by atoms with Gasteiger partial charge in [-0.2, -0.15) is 0 Å². The average Bonchev–Trinajstić information content (AvgIpc) is 1.69. The first-order valence-corrected chi connectivity index (χ1v) is 12.3. The minimum Gasteiger partial charge on any atom is -0.135 e. The number of rotatable bonds is 4. The highest BCUT2D eigenvalue weighted by atomic mass is 79.9. The Balaban J connectivity index is 2.45. The van der Waals surface area contributed by atoms with Gasteiger partial charge < -0.3 is 0 Å². The van der Waals surface area contributed by atoms with E-state index < -0.39 is 0 Å². The van der Waals surface area contributed by atoms with Crippen LogP contribution in [0.5, 0.6) is 0 Å². The molecule has 0 aliphatic heterocycles. The summed E-state index contributed by atoms with van der Waals surface area (Å²) in [4.78, 5) is 0. The fraction of sp³-hybridized carbons (Fsp3) is 1.00. The molecule has 0 unspecified atom stereocenters. The Labute approximate surface area is 65.3 Å². The summed E-state index contributed by atoms with van der Waals surface area (Å²) >= 11 is 7.04. The molecule has 0 saturated carbocycles. The van der Waals surface area contributed by atoms with E-state index in [9.17, 15) is 0 Å². The van der Waals surface area contributed by atoms with Crippen LogP contribution in [0.4, 0.5) is 0 Å². The van der Waals surface area contributed by atoms with Gasteiger partial charge >= 0.3 is 0 Å². The number of hydrogen-bond donors (Lipinski definition) is 0. The van der Waals surface area contributed by atoms with Crippen molar-refractivity contribution < 1.29 is 0 Å². The third-order valence-corrected chi connectivity index (χ3v) is 5.67. The molecule has 0 rings (SSSR count). The smallest absolute Gasteiger partial charge is 0.0985 e. The first-order chi connectivity index (χ1) is 3.41. The Hall–Kier alpha value is 1.39. The molecule has 0 nitrogen and oxygen atoms in total. The zero-order valence-corrected chi connectivity index (χ0v) is 10.3. The summed E-state index contributed by atoms with van der Waals surface area (Å²) in [6.45, 7) is 0. The molecule has 0 aliphatic rings. The largest absolute Gasteiger partial charge is 0.135 e. The molecular weight excluding hydrogens is 252 g/mol. The number of halogens is 2. The predicted molar refractivity (Wildman–Crippen MR) is 49.2 cm³/mol. The maximum atomic E-state index is 3.52. The van der Waals surface area contributed by atoms with Crippen molar-refractivity contribution in [2.45, 2.75) is 18.5 Å². The van der Waals surface area contributed by atoms with Gasteiger partial charge in [-0.1, -0.05) is 18.5 Å². The molecule has 0 aliphatic carbocycles. The van der Waals surface area contributed by atoms with E-state index in [4.69, 9.17) is 0 Å². The normalized spacial score (nSPS) is 12.9. The molecule has 0 amide bonds. The Morgan fingerprint density at radius 2 is 1.43 bits per heavy atom. The molecule has 0 fully saturated rings. The molecule has 7 heavy (non-hydrogen) atoms. The van der Waals surface area contributed by atoms with Crippen LogP contribution in [0, 0.1) is 0 Å². The van der Waals surface area contributed by atoms with Crippen LogP contribution >= 0.6 is 30.6 Å². The molecule has 0 aromatic rings. The van der Waals surface area contributed by atoms with Gasteiger partial charge in [0.15, 0.2) is 0 Å². The van der Waals surface area contributed by atoms with Gasteiger partial charge in [0, 0.05) is 0 Å². The molecule has 0 bridgehead atoms. The summed E-state index contributed by atoms with van der Waals surface area (Å²) < 4.78 is 0. The van der Waals surface area contributed by atoms with Crippen LogP contribution in [0.1, 0.15) is 6.42 Å². The van der Waals surface area contributed by atoms with Crippen molar-refractivity contribution in [1.29, 1.82) is 0 Å². The second kappa shape index (κ2) is 7.39. The zero-order chi connectivity index (χ0) is 5.54. The number of hydrogen-bond acceptors (Lipinski definition) is 0. The summed E-state index contributed by atoms with van der Waals surface area (Å²) in [6.07, 6.45) is 1.47. The van der Waals surface area contributed by atoms with E-state index in [0.29, 0.717) is 0 Å². The lowest BCUT2D eigenvalue weighted by Gasteiger charge is -1.87. The third kappa shape index (κ3) is 7.39. The van der Waals surface area contributed by atoms with Gasteiger partial charge in [0.1, 0.15) is 0 Å². The summed E-state index contributed by atoms with van der Waals surface area (Å²) in [5, 5.41) is 0. The van der Waals surface area contributed by atoms with Gasteiger partial charge in [0.05, 0.1) is 16.3 Å².